The zero-order valence-electron chi connectivity index (χ0n) is 16.8. The van der Waals surface area contributed by atoms with Crippen LogP contribution < -0.4 is 0 Å². The number of rotatable bonds is 4. The minimum absolute atomic E-state index is 0.0713. The van der Waals surface area contributed by atoms with E-state index in [-0.39, 0.29) is 5.91 Å². The number of carbonyl (C=O) groups is 1. The van der Waals surface area contributed by atoms with Crippen LogP contribution in [-0.2, 0) is 17.9 Å². The van der Waals surface area contributed by atoms with E-state index in [2.05, 4.69) is 58.8 Å². The average Bonchev–Trinajstić information content (AvgIpc) is 3.21. The number of carbonyl (C=O) groups excluding carboxylic acids is 1. The third-order valence-corrected chi connectivity index (χ3v) is 7.03. The summed E-state index contributed by atoms with van der Waals surface area (Å²) in [5, 5.41) is 0.695. The summed E-state index contributed by atoms with van der Waals surface area (Å²) in [5.74, 6) is 0.866. The van der Waals surface area contributed by atoms with Crippen LogP contribution >= 0.6 is 43.5 Å². The van der Waals surface area contributed by atoms with Gasteiger partial charge in [0.05, 0.1) is 18.7 Å². The molecule has 3 aliphatic heterocycles. The lowest BCUT2D eigenvalue weighted by Gasteiger charge is -2.42. The Labute approximate surface area is 203 Å². The lowest BCUT2D eigenvalue weighted by Crippen LogP contribution is -2.53. The Morgan fingerprint density at radius 3 is 2.45 bits per heavy atom. The molecule has 0 N–H and O–H groups in total. The van der Waals surface area contributed by atoms with Crippen molar-refractivity contribution in [2.45, 2.75) is 19.5 Å². The summed E-state index contributed by atoms with van der Waals surface area (Å²) in [5.41, 5.74) is 4.31. The zero-order valence-corrected chi connectivity index (χ0v) is 20.8. The van der Waals surface area contributed by atoms with E-state index in [0.717, 1.165) is 64.3 Å². The van der Waals surface area contributed by atoms with Crippen molar-refractivity contribution in [1.29, 1.82) is 0 Å². The van der Waals surface area contributed by atoms with Crippen LogP contribution in [0.15, 0.2) is 67.7 Å². The highest BCUT2D eigenvalue weighted by Crippen LogP contribution is 2.32. The van der Waals surface area contributed by atoms with Crippen molar-refractivity contribution in [3.63, 3.8) is 0 Å². The molecule has 5 nitrogen and oxygen atoms in total. The summed E-state index contributed by atoms with van der Waals surface area (Å²) in [7, 11) is 0. The summed E-state index contributed by atoms with van der Waals surface area (Å²) in [6.07, 6.45) is 0.865. The molecule has 3 heterocycles. The first kappa shape index (κ1) is 21.2. The van der Waals surface area contributed by atoms with Crippen LogP contribution in [0.3, 0.4) is 0 Å². The minimum Gasteiger partial charge on any atom is -0.314 e. The molecular weight excluding hydrogens is 544 g/mol. The maximum absolute atomic E-state index is 13.6. The van der Waals surface area contributed by atoms with Crippen molar-refractivity contribution >= 4 is 55.3 Å². The quantitative estimate of drug-likeness (QED) is 0.523. The molecule has 2 aromatic rings. The predicted molar refractivity (Wildman–Crippen MR) is 130 cm³/mol. The van der Waals surface area contributed by atoms with Crippen LogP contribution in [0.4, 0.5) is 0 Å². The summed E-state index contributed by atoms with van der Waals surface area (Å²) in [4.78, 5) is 24.7. The van der Waals surface area contributed by atoms with Gasteiger partial charge >= 0.3 is 0 Å². The maximum Gasteiger partial charge on any atom is 0.259 e. The SMILES string of the molecule is O=C1C2=C(CCN(Cc3cc(Br)cc(Br)c3)C2)N2CCN=C2N1Cc1ccc(Cl)cc1. The molecule has 31 heavy (non-hydrogen) atoms. The fraction of sp³-hybridized carbons (Fsp3) is 0.304. The Morgan fingerprint density at radius 2 is 1.71 bits per heavy atom. The molecule has 0 saturated carbocycles. The minimum atomic E-state index is 0.0713. The first-order valence-electron chi connectivity index (χ1n) is 10.3. The van der Waals surface area contributed by atoms with E-state index in [1.54, 1.807) is 0 Å². The molecule has 160 valence electrons. The molecule has 0 aromatic heterocycles. The van der Waals surface area contributed by atoms with Gasteiger partial charge in [-0.15, -0.1) is 0 Å². The second-order valence-electron chi connectivity index (χ2n) is 8.01. The number of hydrogen-bond acceptors (Lipinski definition) is 4. The molecule has 0 spiro atoms. The molecule has 1 amide bonds. The molecule has 8 heteroatoms. The molecule has 0 radical (unpaired) electrons. The Morgan fingerprint density at radius 1 is 0.968 bits per heavy atom. The number of halogens is 3. The van der Waals surface area contributed by atoms with Gasteiger partial charge < -0.3 is 4.90 Å². The van der Waals surface area contributed by atoms with Crippen molar-refractivity contribution in [2.75, 3.05) is 26.2 Å². The first-order chi connectivity index (χ1) is 15.0. The fourth-order valence-corrected chi connectivity index (χ4v) is 6.00. The molecular formula is C23H21Br2ClN4O. The van der Waals surface area contributed by atoms with Crippen LogP contribution in [0, 0.1) is 0 Å². The van der Waals surface area contributed by atoms with E-state index >= 15 is 0 Å². The number of nitrogens with zero attached hydrogens (tertiary/aromatic N) is 4. The van der Waals surface area contributed by atoms with E-state index in [1.165, 1.54) is 5.56 Å². The summed E-state index contributed by atoms with van der Waals surface area (Å²) >= 11 is 13.2. The number of fused-ring (bicyclic) bond motifs is 2. The fourth-order valence-electron chi connectivity index (χ4n) is 4.48. The average molecular weight is 565 g/mol. The van der Waals surface area contributed by atoms with Gasteiger partial charge in [0, 0.05) is 52.3 Å². The van der Waals surface area contributed by atoms with Gasteiger partial charge in [0.1, 0.15) is 0 Å². The lowest BCUT2D eigenvalue weighted by molar-refractivity contribution is -0.125. The van der Waals surface area contributed by atoms with Gasteiger partial charge in [-0.3, -0.25) is 19.6 Å². The molecule has 0 fully saturated rings. The second kappa shape index (κ2) is 8.70. The molecule has 0 aliphatic carbocycles. The molecule has 3 aliphatic rings. The van der Waals surface area contributed by atoms with Gasteiger partial charge in [0.25, 0.3) is 5.91 Å². The van der Waals surface area contributed by atoms with Gasteiger partial charge in [0.2, 0.25) is 5.96 Å². The monoisotopic (exact) mass is 562 g/mol. The predicted octanol–water partition coefficient (Wildman–Crippen LogP) is 5.04. The summed E-state index contributed by atoms with van der Waals surface area (Å²) in [6, 6.07) is 14.0. The molecule has 0 unspecified atom stereocenters. The molecule has 5 rings (SSSR count). The van der Waals surface area contributed by atoms with Gasteiger partial charge in [-0.25, -0.2) is 0 Å². The molecule has 0 bridgehead atoms. The number of amides is 1. The number of aliphatic imine (C=N–C) groups is 1. The Hall–Kier alpha value is -1.67. The van der Waals surface area contributed by atoms with Crippen molar-refractivity contribution in [3.8, 4) is 0 Å². The number of guanidine groups is 1. The second-order valence-corrected chi connectivity index (χ2v) is 10.3. The van der Waals surface area contributed by atoms with Gasteiger partial charge in [0.15, 0.2) is 0 Å². The highest BCUT2D eigenvalue weighted by atomic mass is 79.9. The largest absolute Gasteiger partial charge is 0.314 e. The molecule has 2 aromatic carbocycles. The molecule has 0 atom stereocenters. The Balaban J connectivity index is 1.39. The van der Waals surface area contributed by atoms with Gasteiger partial charge in [-0.2, -0.15) is 0 Å². The van der Waals surface area contributed by atoms with E-state index in [4.69, 9.17) is 11.6 Å². The third kappa shape index (κ3) is 4.33. The summed E-state index contributed by atoms with van der Waals surface area (Å²) in [6.45, 7) is 4.46. The lowest BCUT2D eigenvalue weighted by atomic mass is 10.00. The van der Waals surface area contributed by atoms with Crippen LogP contribution in [0.5, 0.6) is 0 Å². The van der Waals surface area contributed by atoms with E-state index in [0.29, 0.717) is 18.1 Å². The van der Waals surface area contributed by atoms with Gasteiger partial charge in [-0.1, -0.05) is 55.6 Å². The zero-order chi connectivity index (χ0) is 21.5. The standard InChI is InChI=1S/C23H21Br2ClN4O/c24-17-9-16(10-18(25)11-17)12-28-7-5-21-20(14-28)22(31)30(23-27-6-8-29(21)23)13-15-1-3-19(26)4-2-15/h1-4,9-11H,5-8,12-14H2. The van der Waals surface area contributed by atoms with Crippen molar-refractivity contribution in [1.82, 2.24) is 14.7 Å². The Kier molecular flexibility index (Phi) is 5.94. The number of hydrogen-bond donors (Lipinski definition) is 0. The Bertz CT molecular complexity index is 1080. The smallest absolute Gasteiger partial charge is 0.259 e. The first-order valence-corrected chi connectivity index (χ1v) is 12.2. The van der Waals surface area contributed by atoms with Crippen LogP contribution in [0.25, 0.3) is 0 Å². The normalized spacial score (nSPS) is 18.9. The van der Waals surface area contributed by atoms with Crippen LogP contribution in [-0.4, -0.2) is 52.7 Å². The van der Waals surface area contributed by atoms with E-state index in [9.17, 15) is 4.79 Å². The number of benzene rings is 2. The highest BCUT2D eigenvalue weighted by Gasteiger charge is 2.40. The van der Waals surface area contributed by atoms with Crippen molar-refractivity contribution in [2.24, 2.45) is 4.99 Å². The van der Waals surface area contributed by atoms with Crippen molar-refractivity contribution < 1.29 is 4.79 Å². The molecule has 0 saturated heterocycles. The van der Waals surface area contributed by atoms with Crippen LogP contribution in [0.2, 0.25) is 5.02 Å². The maximum atomic E-state index is 13.6. The van der Waals surface area contributed by atoms with E-state index in [1.807, 2.05) is 35.2 Å². The van der Waals surface area contributed by atoms with Crippen LogP contribution in [0.1, 0.15) is 17.5 Å². The third-order valence-electron chi connectivity index (χ3n) is 5.87. The van der Waals surface area contributed by atoms with Crippen molar-refractivity contribution in [3.05, 3.63) is 78.8 Å². The topological polar surface area (TPSA) is 39.2 Å². The van der Waals surface area contributed by atoms with Gasteiger partial charge in [-0.05, 0) is 41.5 Å². The highest BCUT2D eigenvalue weighted by molar-refractivity contribution is 9.11. The van der Waals surface area contributed by atoms with E-state index < -0.39 is 0 Å². The summed E-state index contributed by atoms with van der Waals surface area (Å²) < 4.78 is 2.10.